The highest BCUT2D eigenvalue weighted by Gasteiger charge is 2.10. The molecule has 1 aliphatic heterocycles. The molecule has 80 valence electrons. The molecule has 1 nitrogen and oxygen atoms in total. The molecule has 0 saturated carbocycles. The maximum Gasteiger partial charge on any atom is 0.0764 e. The smallest absolute Gasteiger partial charge is 0.0764 e. The molecule has 4 rings (SSSR count). The van der Waals surface area contributed by atoms with Gasteiger partial charge in [-0.1, -0.05) is 44.6 Å². The van der Waals surface area contributed by atoms with Gasteiger partial charge in [0.05, 0.1) is 11.0 Å². The molecule has 0 bridgehead atoms. The van der Waals surface area contributed by atoms with Crippen LogP contribution in [-0.2, 0) is 6.42 Å². The lowest BCUT2D eigenvalue weighted by Crippen LogP contribution is -2.06. The van der Waals surface area contributed by atoms with Crippen molar-refractivity contribution in [1.82, 2.24) is 0 Å². The van der Waals surface area contributed by atoms with Crippen LogP contribution >= 0.6 is 8.19 Å². The average Bonchev–Trinajstić information content (AvgIpc) is 2.78. The summed E-state index contributed by atoms with van der Waals surface area (Å²) in [7, 11) is 1.30. The van der Waals surface area contributed by atoms with Gasteiger partial charge in [-0.3, -0.25) is 0 Å². The van der Waals surface area contributed by atoms with E-state index >= 15 is 0 Å². The van der Waals surface area contributed by atoms with E-state index in [0.29, 0.717) is 0 Å². The van der Waals surface area contributed by atoms with Crippen molar-refractivity contribution in [2.75, 3.05) is 0 Å². The van der Waals surface area contributed by atoms with Crippen LogP contribution in [0, 0.1) is 10.4 Å². The maximum atomic E-state index is 4.79. The molecule has 0 saturated heterocycles. The zero-order chi connectivity index (χ0) is 11.2. The number of nitrogens with zero attached hydrogens (tertiary/aromatic N) is 1. The predicted molar refractivity (Wildman–Crippen MR) is 70.8 cm³/mol. The molecule has 0 atom stereocenters. The van der Waals surface area contributed by atoms with Gasteiger partial charge in [0.2, 0.25) is 0 Å². The summed E-state index contributed by atoms with van der Waals surface area (Å²) in [4.78, 5) is 6.20. The summed E-state index contributed by atoms with van der Waals surface area (Å²) in [5, 5.41) is 3.73. The lowest BCUT2D eigenvalue weighted by Gasteiger charge is -2.05. The van der Waals surface area contributed by atoms with Crippen molar-refractivity contribution in [2.24, 2.45) is 4.99 Å². The van der Waals surface area contributed by atoms with Gasteiger partial charge in [-0.15, -0.1) is 0 Å². The zero-order valence-corrected chi connectivity index (χ0v) is 10.1. The van der Waals surface area contributed by atoms with Crippen molar-refractivity contribution >= 4 is 20.0 Å². The molecule has 0 unspecified atom stereocenters. The average molecular weight is 235 g/mol. The second kappa shape index (κ2) is 3.38. The Morgan fingerprint density at radius 2 is 2.06 bits per heavy atom. The number of rotatable bonds is 0. The highest BCUT2D eigenvalue weighted by Crippen LogP contribution is 2.25. The minimum absolute atomic E-state index is 1.02. The van der Waals surface area contributed by atoms with Crippen LogP contribution in [-0.4, -0.2) is 0 Å². The van der Waals surface area contributed by atoms with Crippen molar-refractivity contribution in [3.05, 3.63) is 68.5 Å². The van der Waals surface area contributed by atoms with Gasteiger partial charge in [0.15, 0.2) is 0 Å². The Balaban J connectivity index is 2.27. The van der Waals surface area contributed by atoms with E-state index in [0.717, 1.165) is 11.8 Å². The fourth-order valence-electron chi connectivity index (χ4n) is 2.49. The minimum Gasteiger partial charge on any atom is -0.247 e. The minimum atomic E-state index is 1.02. The fourth-order valence-corrected chi connectivity index (χ4v) is 3.55. The van der Waals surface area contributed by atoms with Gasteiger partial charge in [0, 0.05) is 15.4 Å². The van der Waals surface area contributed by atoms with Gasteiger partial charge < -0.3 is 0 Å². The van der Waals surface area contributed by atoms with Gasteiger partial charge in [-0.2, -0.15) is 0 Å². The Morgan fingerprint density at radius 1 is 1.12 bits per heavy atom. The summed E-state index contributed by atoms with van der Waals surface area (Å²) in [6, 6.07) is 8.41. The molecule has 0 amide bonds. The van der Waals surface area contributed by atoms with Crippen LogP contribution < -0.4 is 10.3 Å². The molecule has 1 aromatic heterocycles. The Kier molecular flexibility index (Phi) is 1.86. The molecule has 0 radical (unpaired) electrons. The van der Waals surface area contributed by atoms with E-state index in [-0.39, 0.29) is 0 Å². The lowest BCUT2D eigenvalue weighted by atomic mass is 10.1. The van der Waals surface area contributed by atoms with Crippen molar-refractivity contribution in [3.8, 4) is 0 Å². The van der Waals surface area contributed by atoms with E-state index in [4.69, 9.17) is 4.99 Å². The molecule has 1 aliphatic carbocycles. The van der Waals surface area contributed by atoms with E-state index < -0.39 is 0 Å². The van der Waals surface area contributed by atoms with E-state index in [2.05, 4.69) is 48.3 Å². The van der Waals surface area contributed by atoms with Crippen LogP contribution in [0.4, 0.5) is 5.69 Å². The largest absolute Gasteiger partial charge is 0.247 e. The van der Waals surface area contributed by atoms with Gasteiger partial charge in [-0.05, 0) is 23.8 Å². The molecule has 17 heavy (non-hydrogen) atoms. The summed E-state index contributed by atoms with van der Waals surface area (Å²) in [5.74, 6) is 2.29. The first-order valence-electron chi connectivity index (χ1n) is 5.76. The Morgan fingerprint density at radius 3 is 3.06 bits per heavy atom. The first-order valence-corrected chi connectivity index (χ1v) is 6.73. The third-order valence-electron chi connectivity index (χ3n) is 3.32. The van der Waals surface area contributed by atoms with Crippen LogP contribution in [0.2, 0.25) is 0 Å². The normalized spacial score (nSPS) is 14.8. The molecule has 2 heteroatoms. The number of fused-ring (bicyclic) bond motifs is 4. The number of para-hydroxylation sites is 1. The Bertz CT molecular complexity index is 863. The van der Waals surface area contributed by atoms with Crippen LogP contribution in [0.1, 0.15) is 5.56 Å². The fraction of sp³-hybridized carbons (Fsp3) is 0.0667. The van der Waals surface area contributed by atoms with Crippen LogP contribution in [0.15, 0.2) is 47.2 Å². The first kappa shape index (κ1) is 9.32. The van der Waals surface area contributed by atoms with E-state index in [9.17, 15) is 0 Å². The molecule has 0 spiro atoms. The molecule has 2 aromatic rings. The summed E-state index contributed by atoms with van der Waals surface area (Å²) in [6.45, 7) is 0. The van der Waals surface area contributed by atoms with Crippen molar-refractivity contribution < 1.29 is 0 Å². The second-order valence-corrected chi connectivity index (χ2v) is 5.31. The molecule has 1 aromatic carbocycles. The van der Waals surface area contributed by atoms with Gasteiger partial charge >= 0.3 is 0 Å². The van der Waals surface area contributed by atoms with Crippen LogP contribution in [0.3, 0.4) is 0 Å². The molecule has 2 heterocycles. The number of allylic oxidation sites excluding steroid dienone is 2. The van der Waals surface area contributed by atoms with Crippen molar-refractivity contribution in [3.63, 3.8) is 0 Å². The molecular weight excluding hydrogens is 225 g/mol. The predicted octanol–water partition coefficient (Wildman–Crippen LogP) is 2.71. The van der Waals surface area contributed by atoms with Gasteiger partial charge in [-0.25, -0.2) is 4.99 Å². The second-order valence-electron chi connectivity index (χ2n) is 4.31. The van der Waals surface area contributed by atoms with Gasteiger partial charge in [0.25, 0.3) is 0 Å². The van der Waals surface area contributed by atoms with E-state index in [1.54, 1.807) is 0 Å². The van der Waals surface area contributed by atoms with Crippen LogP contribution in [0.25, 0.3) is 6.08 Å². The third kappa shape index (κ3) is 1.26. The number of hydrogen-bond acceptors (Lipinski definition) is 1. The number of hydrogen-bond donors (Lipinski definition) is 0. The van der Waals surface area contributed by atoms with Crippen molar-refractivity contribution in [2.45, 2.75) is 6.42 Å². The third-order valence-corrected chi connectivity index (χ3v) is 4.41. The maximum absolute atomic E-state index is 4.79. The molecule has 0 fully saturated rings. The Hall–Kier alpha value is -1.72. The molecule has 0 N–H and O–H groups in total. The summed E-state index contributed by atoms with van der Waals surface area (Å²) < 4.78 is 0. The van der Waals surface area contributed by atoms with Crippen molar-refractivity contribution in [1.29, 1.82) is 0 Å². The van der Waals surface area contributed by atoms with Gasteiger partial charge in [0.1, 0.15) is 0 Å². The van der Waals surface area contributed by atoms with E-state index in [1.807, 2.05) is 0 Å². The highest BCUT2D eigenvalue weighted by molar-refractivity contribution is 7.28. The zero-order valence-electron chi connectivity index (χ0n) is 9.22. The summed E-state index contributed by atoms with van der Waals surface area (Å²) in [5.41, 5.74) is 2.60. The molecule has 2 aliphatic rings. The lowest BCUT2D eigenvalue weighted by molar-refractivity contribution is 1.22. The first-order chi connectivity index (χ1) is 8.43. The Labute approximate surface area is 100 Å². The summed E-state index contributed by atoms with van der Waals surface area (Å²) >= 11 is 0. The highest BCUT2D eigenvalue weighted by atomic mass is 31.0. The molecular formula is C15H10NP. The van der Waals surface area contributed by atoms with E-state index in [1.165, 1.54) is 34.8 Å². The number of benzene rings is 1. The van der Waals surface area contributed by atoms with Crippen LogP contribution in [0.5, 0.6) is 0 Å². The summed E-state index contributed by atoms with van der Waals surface area (Å²) in [6.07, 6.45) is 7.58. The quantitative estimate of drug-likeness (QED) is 0.568. The monoisotopic (exact) mass is 235 g/mol. The SMILES string of the molecule is C1=CCc2c3c(cpc2=C1)=c1ccccc1=N3. The topological polar surface area (TPSA) is 12.4 Å². The standard InChI is InChI=1S/C15H10NP/c1-3-7-13-10(5-1)12-9-17-14-8-4-2-6-11(14)15(12)16-13/h1-5,7-9H,6H2.